The fourth-order valence-electron chi connectivity index (χ4n) is 6.79. The highest BCUT2D eigenvalue weighted by Gasteiger charge is 2.17. The SMILES string of the molecule is Clc1ccc(/C=C(\Cn2cncn2)c2ccc(Cl)cc2Cl)c(Cl)c1.Clc1ccc(/C=C(\Cn2cncn2)c2ccc(Cl)cc2Cl)c(Cl)c1.Clc1ccc(C(Cn2cncn2)OCc2c(Cl)cccc2Cl)cc1. The van der Waals surface area contributed by atoms with E-state index in [0.717, 1.165) is 44.5 Å². The monoisotopic (exact) mass is 1170 g/mol. The Morgan fingerprint density at radius 3 is 1.25 bits per heavy atom. The summed E-state index contributed by atoms with van der Waals surface area (Å²) in [6.07, 6.45) is 13.1. The van der Waals surface area contributed by atoms with E-state index in [2.05, 4.69) is 30.2 Å². The Labute approximate surface area is 470 Å². The third-order valence-electron chi connectivity index (χ3n) is 10.3. The number of hydrogen-bond donors (Lipinski definition) is 0. The van der Waals surface area contributed by atoms with E-state index in [4.69, 9.17) is 132 Å². The number of allylic oxidation sites excluding steroid dienone is 2. The average Bonchev–Trinajstić information content (AvgIpc) is 4.17. The summed E-state index contributed by atoms with van der Waals surface area (Å²) in [5, 5.41) is 18.8. The molecule has 368 valence electrons. The molecule has 0 saturated carbocycles. The molecule has 6 aromatic carbocycles. The maximum absolute atomic E-state index is 6.37. The molecule has 0 radical (unpaired) electrons. The Morgan fingerprint density at radius 2 is 0.847 bits per heavy atom. The van der Waals surface area contributed by atoms with E-state index < -0.39 is 0 Å². The lowest BCUT2D eigenvalue weighted by Crippen LogP contribution is -2.13. The molecule has 3 heterocycles. The van der Waals surface area contributed by atoms with Crippen molar-refractivity contribution < 1.29 is 4.74 Å². The van der Waals surface area contributed by atoms with Crippen LogP contribution in [0, 0.1) is 0 Å². The Kier molecular flexibility index (Phi) is 20.7. The zero-order valence-electron chi connectivity index (χ0n) is 37.1. The molecular formula is C51H36Cl11N9O. The fourth-order valence-corrected chi connectivity index (χ4v) is 9.41. The van der Waals surface area contributed by atoms with E-state index in [1.54, 1.807) is 99.8 Å². The Hall–Kier alpha value is -4.63. The van der Waals surface area contributed by atoms with Crippen molar-refractivity contribution in [2.45, 2.75) is 32.3 Å². The molecule has 0 aliphatic carbocycles. The molecule has 10 nitrogen and oxygen atoms in total. The average molecular weight is 1180 g/mol. The van der Waals surface area contributed by atoms with Crippen LogP contribution in [0.2, 0.25) is 55.2 Å². The van der Waals surface area contributed by atoms with Gasteiger partial charge in [-0.2, -0.15) is 15.3 Å². The second-order valence-corrected chi connectivity index (χ2v) is 19.9. The summed E-state index contributed by atoms with van der Waals surface area (Å²) in [6, 6.07) is 34.3. The highest BCUT2D eigenvalue weighted by atomic mass is 35.5. The Balaban J connectivity index is 0.000000158. The van der Waals surface area contributed by atoms with Gasteiger partial charge in [-0.15, -0.1) is 0 Å². The van der Waals surface area contributed by atoms with Gasteiger partial charge in [0.1, 0.15) is 44.1 Å². The Bertz CT molecular complexity index is 3090. The lowest BCUT2D eigenvalue weighted by molar-refractivity contribution is 0.0257. The molecular weight excluding hydrogens is 1140 g/mol. The van der Waals surface area contributed by atoms with Gasteiger partial charge in [0, 0.05) is 60.8 Å². The number of aromatic nitrogens is 9. The van der Waals surface area contributed by atoms with Crippen molar-refractivity contribution in [1.29, 1.82) is 0 Å². The maximum Gasteiger partial charge on any atom is 0.137 e. The van der Waals surface area contributed by atoms with Gasteiger partial charge in [0.25, 0.3) is 0 Å². The minimum absolute atomic E-state index is 0.240. The van der Waals surface area contributed by atoms with Crippen molar-refractivity contribution in [3.8, 4) is 0 Å². The van der Waals surface area contributed by atoms with Crippen LogP contribution in [0.15, 0.2) is 153 Å². The molecule has 0 aliphatic rings. The first-order chi connectivity index (χ1) is 34.7. The molecule has 3 aromatic heterocycles. The second-order valence-electron chi connectivity index (χ2n) is 15.3. The van der Waals surface area contributed by atoms with Crippen LogP contribution in [0.1, 0.15) is 39.5 Å². The predicted molar refractivity (Wildman–Crippen MR) is 297 cm³/mol. The first-order valence-corrected chi connectivity index (χ1v) is 25.3. The number of halogens is 11. The Morgan fingerprint density at radius 1 is 0.444 bits per heavy atom. The largest absolute Gasteiger partial charge is 0.367 e. The number of nitrogens with zero attached hydrogens (tertiary/aromatic N) is 9. The zero-order valence-corrected chi connectivity index (χ0v) is 45.4. The van der Waals surface area contributed by atoms with Crippen molar-refractivity contribution in [2.75, 3.05) is 0 Å². The molecule has 0 aliphatic heterocycles. The molecule has 72 heavy (non-hydrogen) atoms. The molecule has 1 unspecified atom stereocenters. The summed E-state index contributed by atoms with van der Waals surface area (Å²) in [5.74, 6) is 0. The number of ether oxygens (including phenoxy) is 1. The minimum atomic E-state index is -0.240. The van der Waals surface area contributed by atoms with Crippen molar-refractivity contribution in [2.24, 2.45) is 0 Å². The highest BCUT2D eigenvalue weighted by molar-refractivity contribution is 6.38. The summed E-state index contributed by atoms with van der Waals surface area (Å²) >= 11 is 67.6. The van der Waals surface area contributed by atoms with Crippen molar-refractivity contribution in [3.05, 3.63) is 242 Å². The summed E-state index contributed by atoms with van der Waals surface area (Å²) < 4.78 is 11.2. The topological polar surface area (TPSA) is 101 Å². The third-order valence-corrected chi connectivity index (χ3v) is 13.5. The predicted octanol–water partition coefficient (Wildman–Crippen LogP) is 17.5. The van der Waals surface area contributed by atoms with Crippen LogP contribution in [-0.2, 0) is 31.0 Å². The molecule has 9 rings (SSSR count). The van der Waals surface area contributed by atoms with Gasteiger partial charge in [-0.25, -0.2) is 24.3 Å². The van der Waals surface area contributed by atoms with E-state index in [0.29, 0.717) is 81.5 Å². The first-order valence-electron chi connectivity index (χ1n) is 21.2. The first kappa shape index (κ1) is 55.1. The van der Waals surface area contributed by atoms with Gasteiger partial charge in [0.2, 0.25) is 0 Å². The number of hydrogen-bond acceptors (Lipinski definition) is 7. The van der Waals surface area contributed by atoms with Crippen LogP contribution in [0.3, 0.4) is 0 Å². The highest BCUT2D eigenvalue weighted by Crippen LogP contribution is 2.34. The fraction of sp³-hybridized carbons (Fsp3) is 0.0980. The van der Waals surface area contributed by atoms with Crippen LogP contribution >= 0.6 is 128 Å². The summed E-state index contributed by atoms with van der Waals surface area (Å²) in [7, 11) is 0. The lowest BCUT2D eigenvalue weighted by atomic mass is 10.0. The van der Waals surface area contributed by atoms with E-state index >= 15 is 0 Å². The van der Waals surface area contributed by atoms with Gasteiger partial charge < -0.3 is 4.74 Å². The summed E-state index contributed by atoms with van der Waals surface area (Å²) in [4.78, 5) is 11.9. The van der Waals surface area contributed by atoms with Crippen LogP contribution < -0.4 is 0 Å². The molecule has 0 bridgehead atoms. The number of benzene rings is 6. The standard InChI is InChI=1S/2C17H11Cl4N3.C17H14Cl3N3O/c2*18-13-2-1-11(16(20)6-13)5-12(8-24-10-22-9-23-24)15-4-3-14(19)7-17(15)21;18-13-6-4-12(5-7-13)17(8-23-11-21-10-22-23)24-9-14-15(19)2-1-3-16(14)20/h2*1-7,9-10H,8H2;1-7,10-11,17H,8-9H2/b2*12-5+;. The van der Waals surface area contributed by atoms with Crippen LogP contribution in [-0.4, -0.2) is 44.3 Å². The molecule has 1 atom stereocenters. The van der Waals surface area contributed by atoms with Gasteiger partial charge >= 0.3 is 0 Å². The van der Waals surface area contributed by atoms with E-state index in [9.17, 15) is 0 Å². The molecule has 0 amide bonds. The molecule has 21 heteroatoms. The smallest absolute Gasteiger partial charge is 0.137 e. The van der Waals surface area contributed by atoms with E-state index in [-0.39, 0.29) is 6.10 Å². The molecule has 0 fully saturated rings. The van der Waals surface area contributed by atoms with Crippen molar-refractivity contribution in [3.63, 3.8) is 0 Å². The third kappa shape index (κ3) is 16.2. The van der Waals surface area contributed by atoms with Crippen LogP contribution in [0.4, 0.5) is 0 Å². The van der Waals surface area contributed by atoms with Gasteiger partial charge in [-0.3, -0.25) is 4.68 Å². The van der Waals surface area contributed by atoms with Crippen molar-refractivity contribution in [1.82, 2.24) is 44.3 Å². The maximum atomic E-state index is 6.37. The van der Waals surface area contributed by atoms with E-state index in [1.807, 2.05) is 60.7 Å². The van der Waals surface area contributed by atoms with E-state index in [1.165, 1.54) is 19.0 Å². The minimum Gasteiger partial charge on any atom is -0.367 e. The molecule has 0 spiro atoms. The lowest BCUT2D eigenvalue weighted by Gasteiger charge is -2.19. The normalized spacial score (nSPS) is 11.9. The van der Waals surface area contributed by atoms with Crippen molar-refractivity contribution >= 4 is 151 Å². The van der Waals surface area contributed by atoms with Gasteiger partial charge in [0.05, 0.1) is 26.2 Å². The number of rotatable bonds is 14. The van der Waals surface area contributed by atoms with Crippen LogP contribution in [0.25, 0.3) is 23.3 Å². The molecule has 0 saturated heterocycles. The van der Waals surface area contributed by atoms with Gasteiger partial charge in [-0.1, -0.05) is 170 Å². The molecule has 0 N–H and O–H groups in total. The summed E-state index contributed by atoms with van der Waals surface area (Å²) in [5.41, 5.74) is 6.96. The molecule has 9 aromatic rings. The van der Waals surface area contributed by atoms with Gasteiger partial charge in [0.15, 0.2) is 0 Å². The zero-order chi connectivity index (χ0) is 51.1. The quantitative estimate of drug-likeness (QED) is 0.1000. The van der Waals surface area contributed by atoms with Crippen LogP contribution in [0.5, 0.6) is 0 Å². The van der Waals surface area contributed by atoms with Gasteiger partial charge in [-0.05, 0) is 124 Å². The second kappa shape index (κ2) is 27.1. The summed E-state index contributed by atoms with van der Waals surface area (Å²) in [6.45, 7) is 1.78.